The van der Waals surface area contributed by atoms with Crippen LogP contribution >= 0.6 is 0 Å². The standard InChI is InChI=1S/C15H12N4O/c16-8-15(4-1-5-15)14-17-7-12(19-14)10-2-3-11-13(6-10)20-9-18-11/h2-3,6-7,9H,1,4-5H2,(H,17,19). The number of benzene rings is 1. The molecule has 1 N–H and O–H groups in total. The highest BCUT2D eigenvalue weighted by molar-refractivity contribution is 5.78. The van der Waals surface area contributed by atoms with E-state index in [2.05, 4.69) is 21.0 Å². The van der Waals surface area contributed by atoms with Crippen LogP contribution in [-0.2, 0) is 5.41 Å². The summed E-state index contributed by atoms with van der Waals surface area (Å²) in [6, 6.07) is 8.22. The van der Waals surface area contributed by atoms with E-state index in [1.165, 1.54) is 6.39 Å². The fraction of sp³-hybridized carbons (Fsp3) is 0.267. The van der Waals surface area contributed by atoms with E-state index in [0.29, 0.717) is 0 Å². The van der Waals surface area contributed by atoms with Crippen LogP contribution in [0.5, 0.6) is 0 Å². The van der Waals surface area contributed by atoms with Gasteiger partial charge in [-0.25, -0.2) is 9.97 Å². The number of aromatic nitrogens is 3. The molecule has 0 bridgehead atoms. The van der Waals surface area contributed by atoms with Crippen molar-refractivity contribution in [2.24, 2.45) is 0 Å². The maximum atomic E-state index is 9.35. The largest absolute Gasteiger partial charge is 0.443 e. The van der Waals surface area contributed by atoms with Gasteiger partial charge in [0.25, 0.3) is 0 Å². The average molecular weight is 264 g/mol. The van der Waals surface area contributed by atoms with E-state index in [9.17, 15) is 5.26 Å². The van der Waals surface area contributed by atoms with E-state index < -0.39 is 5.41 Å². The molecular weight excluding hydrogens is 252 g/mol. The molecule has 2 heterocycles. The molecule has 1 aliphatic carbocycles. The molecule has 0 saturated heterocycles. The quantitative estimate of drug-likeness (QED) is 0.771. The van der Waals surface area contributed by atoms with Gasteiger partial charge in [0.1, 0.15) is 16.8 Å². The second-order valence-electron chi connectivity index (χ2n) is 5.23. The van der Waals surface area contributed by atoms with Crippen LogP contribution in [0.25, 0.3) is 22.4 Å². The van der Waals surface area contributed by atoms with E-state index in [0.717, 1.165) is 47.4 Å². The third kappa shape index (κ3) is 1.48. The third-order valence-corrected chi connectivity index (χ3v) is 4.09. The number of hydrogen-bond acceptors (Lipinski definition) is 4. The molecule has 0 radical (unpaired) electrons. The van der Waals surface area contributed by atoms with E-state index in [1.807, 2.05) is 18.2 Å². The average Bonchev–Trinajstić information content (AvgIpc) is 3.06. The molecule has 1 aromatic carbocycles. The van der Waals surface area contributed by atoms with Gasteiger partial charge in [-0.15, -0.1) is 0 Å². The van der Waals surface area contributed by atoms with E-state index >= 15 is 0 Å². The molecule has 98 valence electrons. The molecule has 5 nitrogen and oxygen atoms in total. The van der Waals surface area contributed by atoms with Gasteiger partial charge in [0, 0.05) is 5.56 Å². The maximum absolute atomic E-state index is 9.35. The van der Waals surface area contributed by atoms with Crippen LogP contribution in [0.4, 0.5) is 0 Å². The highest BCUT2D eigenvalue weighted by Gasteiger charge is 2.41. The minimum atomic E-state index is -0.408. The predicted octanol–water partition coefficient (Wildman–Crippen LogP) is 3.16. The maximum Gasteiger partial charge on any atom is 0.181 e. The fourth-order valence-corrected chi connectivity index (χ4v) is 2.67. The van der Waals surface area contributed by atoms with Crippen LogP contribution < -0.4 is 0 Å². The number of H-pyrrole nitrogens is 1. The number of hydrogen-bond donors (Lipinski definition) is 1. The number of oxazole rings is 1. The Balaban J connectivity index is 1.76. The van der Waals surface area contributed by atoms with Crippen molar-refractivity contribution < 1.29 is 4.42 Å². The van der Waals surface area contributed by atoms with Crippen LogP contribution in [0.2, 0.25) is 0 Å². The van der Waals surface area contributed by atoms with Crippen LogP contribution in [0.1, 0.15) is 25.1 Å². The first-order valence-corrected chi connectivity index (χ1v) is 6.61. The first kappa shape index (κ1) is 11.2. The SMILES string of the molecule is N#CC1(c2ncc(-c3ccc4ncoc4c3)[nH]2)CCC1. The van der Waals surface area contributed by atoms with Crippen LogP contribution in [0.3, 0.4) is 0 Å². The highest BCUT2D eigenvalue weighted by Crippen LogP contribution is 2.42. The van der Waals surface area contributed by atoms with Gasteiger partial charge in [-0.1, -0.05) is 6.07 Å². The first-order chi connectivity index (χ1) is 9.81. The van der Waals surface area contributed by atoms with Crippen molar-refractivity contribution in [2.45, 2.75) is 24.7 Å². The van der Waals surface area contributed by atoms with Crippen LogP contribution in [-0.4, -0.2) is 15.0 Å². The van der Waals surface area contributed by atoms with Crippen LogP contribution in [0.15, 0.2) is 35.2 Å². The minimum absolute atomic E-state index is 0.408. The molecule has 4 rings (SSSR count). The van der Waals surface area contributed by atoms with Gasteiger partial charge in [-0.2, -0.15) is 5.26 Å². The van der Waals surface area contributed by atoms with Gasteiger partial charge in [0.2, 0.25) is 0 Å². The summed E-state index contributed by atoms with van der Waals surface area (Å²) in [4.78, 5) is 11.8. The summed E-state index contributed by atoms with van der Waals surface area (Å²) in [6.45, 7) is 0. The minimum Gasteiger partial charge on any atom is -0.443 e. The van der Waals surface area contributed by atoms with Crippen molar-refractivity contribution in [2.75, 3.05) is 0 Å². The lowest BCUT2D eigenvalue weighted by Gasteiger charge is -2.32. The monoisotopic (exact) mass is 264 g/mol. The number of nitrogens with zero attached hydrogens (tertiary/aromatic N) is 3. The Labute approximate surface area is 115 Å². The number of nitriles is 1. The molecule has 1 aliphatic rings. The van der Waals surface area contributed by atoms with Gasteiger partial charge < -0.3 is 9.40 Å². The second kappa shape index (κ2) is 3.94. The highest BCUT2D eigenvalue weighted by atomic mass is 16.3. The van der Waals surface area contributed by atoms with Gasteiger partial charge >= 0.3 is 0 Å². The molecule has 0 atom stereocenters. The summed E-state index contributed by atoms with van der Waals surface area (Å²) >= 11 is 0. The van der Waals surface area contributed by atoms with E-state index in [4.69, 9.17) is 4.42 Å². The Hall–Kier alpha value is -2.61. The lowest BCUT2D eigenvalue weighted by Crippen LogP contribution is -2.33. The zero-order valence-corrected chi connectivity index (χ0v) is 10.8. The lowest BCUT2D eigenvalue weighted by atomic mass is 9.69. The molecule has 1 fully saturated rings. The third-order valence-electron chi connectivity index (χ3n) is 4.09. The summed E-state index contributed by atoms with van der Waals surface area (Å²) in [5.41, 5.74) is 3.06. The van der Waals surface area contributed by atoms with Crippen molar-refractivity contribution in [3.05, 3.63) is 36.6 Å². The van der Waals surface area contributed by atoms with Gasteiger partial charge in [-0.3, -0.25) is 0 Å². The van der Waals surface area contributed by atoms with Gasteiger partial charge in [0.05, 0.1) is 18.0 Å². The molecular formula is C15H12N4O. The molecule has 0 amide bonds. The van der Waals surface area contributed by atoms with Crippen molar-refractivity contribution in [1.82, 2.24) is 15.0 Å². The van der Waals surface area contributed by atoms with E-state index in [1.54, 1.807) is 6.20 Å². The summed E-state index contributed by atoms with van der Waals surface area (Å²) in [5, 5.41) is 9.35. The summed E-state index contributed by atoms with van der Waals surface area (Å²) < 4.78 is 5.31. The van der Waals surface area contributed by atoms with Crippen molar-refractivity contribution in [3.8, 4) is 17.3 Å². The number of nitrogens with one attached hydrogen (secondary N) is 1. The summed E-state index contributed by atoms with van der Waals surface area (Å²) in [6.07, 6.45) is 6.08. The smallest absolute Gasteiger partial charge is 0.181 e. The molecule has 0 unspecified atom stereocenters. The molecule has 20 heavy (non-hydrogen) atoms. The van der Waals surface area contributed by atoms with Gasteiger partial charge in [0.15, 0.2) is 12.0 Å². The molecule has 0 spiro atoms. The van der Waals surface area contributed by atoms with E-state index in [-0.39, 0.29) is 0 Å². The Kier molecular flexibility index (Phi) is 2.21. The first-order valence-electron chi connectivity index (χ1n) is 6.61. The van der Waals surface area contributed by atoms with Crippen LogP contribution in [0, 0.1) is 11.3 Å². The Morgan fingerprint density at radius 3 is 2.95 bits per heavy atom. The zero-order valence-electron chi connectivity index (χ0n) is 10.8. The molecule has 5 heteroatoms. The Morgan fingerprint density at radius 2 is 2.20 bits per heavy atom. The molecule has 2 aromatic heterocycles. The topological polar surface area (TPSA) is 78.5 Å². The molecule has 0 aliphatic heterocycles. The van der Waals surface area contributed by atoms with Gasteiger partial charge in [-0.05, 0) is 31.4 Å². The normalized spacial score (nSPS) is 16.8. The summed E-state index contributed by atoms with van der Waals surface area (Å²) in [7, 11) is 0. The van der Waals surface area contributed by atoms with Crippen molar-refractivity contribution in [3.63, 3.8) is 0 Å². The fourth-order valence-electron chi connectivity index (χ4n) is 2.67. The number of fused-ring (bicyclic) bond motifs is 1. The Morgan fingerprint density at radius 1 is 1.30 bits per heavy atom. The van der Waals surface area contributed by atoms with Crippen molar-refractivity contribution in [1.29, 1.82) is 5.26 Å². The lowest BCUT2D eigenvalue weighted by molar-refractivity contribution is 0.309. The second-order valence-corrected chi connectivity index (χ2v) is 5.23. The molecule has 1 saturated carbocycles. The van der Waals surface area contributed by atoms with Crippen molar-refractivity contribution >= 4 is 11.1 Å². The zero-order chi connectivity index (χ0) is 13.6. The number of aromatic amines is 1. The number of rotatable bonds is 2. The number of imidazole rings is 1. The molecule has 3 aromatic rings. The predicted molar refractivity (Wildman–Crippen MR) is 72.7 cm³/mol. The summed E-state index contributed by atoms with van der Waals surface area (Å²) in [5.74, 6) is 0.777. The Bertz CT molecular complexity index is 820.